The maximum Gasteiger partial charge on any atom is 0.239 e. The Morgan fingerprint density at radius 1 is 1.26 bits per heavy atom. The van der Waals surface area contributed by atoms with Gasteiger partial charge in [-0.15, -0.1) is 0 Å². The topological polar surface area (TPSA) is 58.2 Å². The third-order valence-corrected chi connectivity index (χ3v) is 3.13. The van der Waals surface area contributed by atoms with Gasteiger partial charge < -0.3 is 10.6 Å². The number of amides is 2. The lowest BCUT2D eigenvalue weighted by Gasteiger charge is -2.22. The molecule has 2 amide bonds. The van der Waals surface area contributed by atoms with Crippen molar-refractivity contribution in [1.29, 1.82) is 0 Å². The van der Waals surface area contributed by atoms with Crippen LogP contribution in [0.5, 0.6) is 0 Å². The highest BCUT2D eigenvalue weighted by atomic mass is 19.1. The first-order valence-corrected chi connectivity index (χ1v) is 6.27. The van der Waals surface area contributed by atoms with Gasteiger partial charge in [0.25, 0.3) is 0 Å². The van der Waals surface area contributed by atoms with Gasteiger partial charge in [0, 0.05) is 11.7 Å². The van der Waals surface area contributed by atoms with Crippen LogP contribution in [0.25, 0.3) is 0 Å². The van der Waals surface area contributed by atoms with Gasteiger partial charge in [-0.25, -0.2) is 4.39 Å². The maximum absolute atomic E-state index is 13.0. The first kappa shape index (κ1) is 13.5. The quantitative estimate of drug-likeness (QED) is 0.818. The molecule has 0 aliphatic heterocycles. The second-order valence-corrected chi connectivity index (χ2v) is 5.34. The van der Waals surface area contributed by atoms with Crippen LogP contribution in [0, 0.1) is 11.2 Å². The summed E-state index contributed by atoms with van der Waals surface area (Å²) < 4.78 is 13.0. The molecule has 19 heavy (non-hydrogen) atoms. The minimum absolute atomic E-state index is 0.203. The number of hydrogen-bond acceptors (Lipinski definition) is 2. The Bertz CT molecular complexity index is 510. The molecule has 1 fully saturated rings. The van der Waals surface area contributed by atoms with Crippen LogP contribution in [-0.4, -0.2) is 17.9 Å². The van der Waals surface area contributed by atoms with Gasteiger partial charge in [0.1, 0.15) is 11.2 Å². The average Bonchev–Trinajstić information content (AvgIpc) is 3.12. The predicted molar refractivity (Wildman–Crippen MR) is 70.0 cm³/mol. The van der Waals surface area contributed by atoms with Crippen LogP contribution in [0.2, 0.25) is 0 Å². The molecular weight excluding hydrogens is 247 g/mol. The summed E-state index contributed by atoms with van der Waals surface area (Å²) in [4.78, 5) is 24.1. The normalized spacial score (nSPS) is 14.9. The lowest BCUT2D eigenvalue weighted by molar-refractivity contribution is -0.138. The highest BCUT2D eigenvalue weighted by Crippen LogP contribution is 2.24. The van der Waals surface area contributed by atoms with E-state index in [1.165, 1.54) is 18.2 Å². The van der Waals surface area contributed by atoms with E-state index < -0.39 is 17.1 Å². The third-order valence-electron chi connectivity index (χ3n) is 3.13. The molecule has 2 N–H and O–H groups in total. The van der Waals surface area contributed by atoms with E-state index in [2.05, 4.69) is 10.6 Å². The standard InChI is InChI=1S/C14H17FN2O2/c1-14(2,12(18)16-10-6-7-10)13(19)17-11-5-3-4-9(15)8-11/h3-5,8,10H,6-7H2,1-2H3,(H,16,18)(H,17,19). The number of benzene rings is 1. The van der Waals surface area contributed by atoms with E-state index in [0.29, 0.717) is 5.69 Å². The van der Waals surface area contributed by atoms with Crippen molar-refractivity contribution in [2.75, 3.05) is 5.32 Å². The van der Waals surface area contributed by atoms with Crippen molar-refractivity contribution in [3.05, 3.63) is 30.1 Å². The van der Waals surface area contributed by atoms with E-state index in [1.54, 1.807) is 19.9 Å². The van der Waals surface area contributed by atoms with Gasteiger partial charge in [-0.3, -0.25) is 9.59 Å². The van der Waals surface area contributed by atoms with Crippen molar-refractivity contribution < 1.29 is 14.0 Å². The predicted octanol–water partition coefficient (Wildman–Crippen LogP) is 2.07. The lowest BCUT2D eigenvalue weighted by atomic mass is 9.91. The summed E-state index contributed by atoms with van der Waals surface area (Å²) in [7, 11) is 0. The molecule has 5 heteroatoms. The van der Waals surface area contributed by atoms with E-state index >= 15 is 0 Å². The molecule has 102 valence electrons. The molecule has 2 rings (SSSR count). The van der Waals surface area contributed by atoms with E-state index in [-0.39, 0.29) is 11.9 Å². The monoisotopic (exact) mass is 264 g/mol. The Morgan fingerprint density at radius 2 is 1.95 bits per heavy atom. The minimum atomic E-state index is -1.19. The lowest BCUT2D eigenvalue weighted by Crippen LogP contribution is -2.45. The van der Waals surface area contributed by atoms with Crippen LogP contribution in [0.3, 0.4) is 0 Å². The van der Waals surface area contributed by atoms with Crippen LogP contribution < -0.4 is 10.6 Å². The van der Waals surface area contributed by atoms with Crippen LogP contribution in [0.1, 0.15) is 26.7 Å². The summed E-state index contributed by atoms with van der Waals surface area (Å²) in [6, 6.07) is 5.79. The molecule has 0 aromatic heterocycles. The molecular formula is C14H17FN2O2. The second-order valence-electron chi connectivity index (χ2n) is 5.34. The summed E-state index contributed by atoms with van der Waals surface area (Å²) in [6.07, 6.45) is 1.93. The summed E-state index contributed by atoms with van der Waals surface area (Å²) in [5, 5.41) is 5.36. The Balaban J connectivity index is 2.02. The number of carbonyl (C=O) groups is 2. The fraction of sp³-hybridized carbons (Fsp3) is 0.429. The molecule has 0 radical (unpaired) electrons. The van der Waals surface area contributed by atoms with Gasteiger partial charge in [0.2, 0.25) is 11.8 Å². The first-order chi connectivity index (χ1) is 8.89. The zero-order valence-electron chi connectivity index (χ0n) is 11.0. The Morgan fingerprint density at radius 3 is 2.53 bits per heavy atom. The van der Waals surface area contributed by atoms with Gasteiger partial charge >= 0.3 is 0 Å². The third kappa shape index (κ3) is 3.30. The number of anilines is 1. The minimum Gasteiger partial charge on any atom is -0.352 e. The van der Waals surface area contributed by atoms with Gasteiger partial charge in [-0.05, 0) is 44.9 Å². The molecule has 1 saturated carbocycles. The molecule has 1 aliphatic carbocycles. The molecule has 0 saturated heterocycles. The Labute approximate surface area is 111 Å². The number of hydrogen-bond donors (Lipinski definition) is 2. The number of nitrogens with one attached hydrogen (secondary N) is 2. The molecule has 0 bridgehead atoms. The molecule has 1 aromatic rings. The molecule has 0 atom stereocenters. The number of halogens is 1. The molecule has 0 unspecified atom stereocenters. The van der Waals surface area contributed by atoms with Crippen LogP contribution in [0.15, 0.2) is 24.3 Å². The Hall–Kier alpha value is -1.91. The summed E-state index contributed by atoms with van der Waals surface area (Å²) in [5.74, 6) is -1.18. The van der Waals surface area contributed by atoms with Gasteiger partial charge in [0.05, 0.1) is 0 Å². The van der Waals surface area contributed by atoms with E-state index in [1.807, 2.05) is 0 Å². The van der Waals surface area contributed by atoms with Crippen LogP contribution in [-0.2, 0) is 9.59 Å². The zero-order valence-corrected chi connectivity index (χ0v) is 11.0. The van der Waals surface area contributed by atoms with Crippen molar-refractivity contribution in [2.24, 2.45) is 5.41 Å². The maximum atomic E-state index is 13.0. The largest absolute Gasteiger partial charge is 0.352 e. The summed E-state index contributed by atoms with van der Waals surface area (Å²) in [5.41, 5.74) is -0.841. The Kier molecular flexibility index (Phi) is 3.55. The van der Waals surface area contributed by atoms with Gasteiger partial charge in [-0.1, -0.05) is 6.07 Å². The first-order valence-electron chi connectivity index (χ1n) is 6.27. The van der Waals surface area contributed by atoms with E-state index in [0.717, 1.165) is 12.8 Å². The molecule has 1 aromatic carbocycles. The second kappa shape index (κ2) is 4.99. The smallest absolute Gasteiger partial charge is 0.239 e. The molecule has 0 heterocycles. The summed E-state index contributed by atoms with van der Waals surface area (Å²) >= 11 is 0. The molecule has 0 spiro atoms. The van der Waals surface area contributed by atoms with Gasteiger partial charge in [0.15, 0.2) is 0 Å². The fourth-order valence-corrected chi connectivity index (χ4v) is 1.55. The van der Waals surface area contributed by atoms with Gasteiger partial charge in [-0.2, -0.15) is 0 Å². The van der Waals surface area contributed by atoms with E-state index in [9.17, 15) is 14.0 Å². The molecule has 1 aliphatic rings. The number of carbonyl (C=O) groups excluding carboxylic acids is 2. The van der Waals surface area contributed by atoms with Crippen LogP contribution >= 0.6 is 0 Å². The van der Waals surface area contributed by atoms with E-state index in [4.69, 9.17) is 0 Å². The summed E-state index contributed by atoms with van der Waals surface area (Å²) in [6.45, 7) is 3.11. The van der Waals surface area contributed by atoms with Crippen LogP contribution in [0.4, 0.5) is 10.1 Å². The SMILES string of the molecule is CC(C)(C(=O)Nc1cccc(F)c1)C(=O)NC1CC1. The number of rotatable bonds is 4. The zero-order chi connectivity index (χ0) is 14.0. The van der Waals surface area contributed by atoms with Crippen molar-refractivity contribution in [1.82, 2.24) is 5.32 Å². The van der Waals surface area contributed by atoms with Crippen molar-refractivity contribution in [3.8, 4) is 0 Å². The highest BCUT2D eigenvalue weighted by molar-refractivity contribution is 6.09. The molecule has 4 nitrogen and oxygen atoms in total. The fourth-order valence-electron chi connectivity index (χ4n) is 1.55. The highest BCUT2D eigenvalue weighted by Gasteiger charge is 2.38. The van der Waals surface area contributed by atoms with Crippen molar-refractivity contribution >= 4 is 17.5 Å². The van der Waals surface area contributed by atoms with Crippen molar-refractivity contribution in [2.45, 2.75) is 32.7 Å². The van der Waals surface area contributed by atoms with Crippen molar-refractivity contribution in [3.63, 3.8) is 0 Å². The average molecular weight is 264 g/mol.